The number of nitrogens with one attached hydrogen (secondary N) is 1. The molecule has 17 heteroatoms. The number of rotatable bonds is 8. The van der Waals surface area contributed by atoms with Crippen LogP contribution in [0.4, 0.5) is 19.0 Å². The number of hydrogen-bond acceptors (Lipinski definition) is 8. The molecule has 1 aliphatic carbocycles. The maximum Gasteiger partial charge on any atom is 0.417 e. The first-order valence-electron chi connectivity index (χ1n) is 17.0. The summed E-state index contributed by atoms with van der Waals surface area (Å²) < 4.78 is 49.7. The molecule has 2 amide bonds. The second-order valence-electron chi connectivity index (χ2n) is 13.3. The highest BCUT2D eigenvalue weighted by molar-refractivity contribution is 6.33. The fourth-order valence-corrected chi connectivity index (χ4v) is 8.47. The number of imide groups is 1. The molecule has 4 atom stereocenters. The van der Waals surface area contributed by atoms with Crippen LogP contribution >= 0.6 is 23.2 Å². The number of carbonyl (C=O) groups excluding carboxylic acids is 2. The van der Waals surface area contributed by atoms with E-state index in [1.54, 1.807) is 84.9 Å². The largest absolute Gasteiger partial charge is 0.491 e. The molecule has 3 aliphatic rings. The predicted molar refractivity (Wildman–Crippen MR) is 194 cm³/mol. The van der Waals surface area contributed by atoms with E-state index < -0.39 is 63.2 Å². The summed E-state index contributed by atoms with van der Waals surface area (Å²) in [4.78, 5) is 62.0. The van der Waals surface area contributed by atoms with Gasteiger partial charge in [0.05, 0.1) is 46.8 Å². The molecule has 2 aliphatic heterocycles. The third-order valence-electron chi connectivity index (χ3n) is 10.4. The highest BCUT2D eigenvalue weighted by Crippen LogP contribution is 2.62. The van der Waals surface area contributed by atoms with Gasteiger partial charge in [-0.05, 0) is 65.6 Å². The molecule has 282 valence electrons. The molecule has 0 spiro atoms. The van der Waals surface area contributed by atoms with Crippen LogP contribution in [0.5, 0.6) is 5.75 Å². The number of ether oxygens (including phenoxy) is 1. The van der Waals surface area contributed by atoms with Crippen molar-refractivity contribution in [3.8, 4) is 11.4 Å². The quantitative estimate of drug-likeness (QED) is 0.155. The van der Waals surface area contributed by atoms with Gasteiger partial charge in [0.1, 0.15) is 12.4 Å². The van der Waals surface area contributed by atoms with E-state index in [1.165, 1.54) is 9.36 Å². The standard InChI is InChI=1S/C38H29Cl2F3N6O6/c39-24-10-8-22(9-11-24)37-28(33(51)48(34(37)52)45-32-29(40)18-23(20-44-32)38(41,42)43)19-30-27(31(37)21-6-12-26(13-7-21)55-17-16-50)14-15-46-35(53)47(36(54)49(30)46)25-4-2-1-3-5-25/h1-14,18,20,28,30-31,50H,15-17,19H2,(H,44,45)/t28-,30+,31-,37+/m0/s1. The normalized spacial score (nSPS) is 21.8. The molecule has 2 fully saturated rings. The lowest BCUT2D eigenvalue weighted by molar-refractivity contribution is -0.139. The molecule has 12 nitrogen and oxygen atoms in total. The molecule has 3 aromatic carbocycles. The van der Waals surface area contributed by atoms with Crippen molar-refractivity contribution >= 4 is 40.8 Å². The number of halogens is 5. The fourth-order valence-electron chi connectivity index (χ4n) is 8.14. The van der Waals surface area contributed by atoms with Crippen molar-refractivity contribution in [3.63, 3.8) is 0 Å². The third-order valence-corrected chi connectivity index (χ3v) is 10.9. The van der Waals surface area contributed by atoms with Crippen LogP contribution in [0.15, 0.2) is 112 Å². The van der Waals surface area contributed by atoms with Crippen molar-refractivity contribution in [2.75, 3.05) is 18.6 Å². The number of para-hydroxylation sites is 1. The Bertz CT molecular complexity index is 2480. The van der Waals surface area contributed by atoms with Gasteiger partial charge in [0.15, 0.2) is 5.82 Å². The zero-order valence-corrected chi connectivity index (χ0v) is 29.9. The Kier molecular flexibility index (Phi) is 8.98. The SMILES string of the molecule is O=C1[C@@H]2C[C@@H]3C(=CCn4c(=O)n(-c5ccccc5)c(=O)n43)[C@H](c3ccc(OCCO)cc3)[C@]2(c2ccc(Cl)cc2)C(=O)N1Nc1ncc(C(F)(F)F)cc1Cl. The Morgan fingerprint density at radius 2 is 1.65 bits per heavy atom. The number of benzene rings is 3. The number of anilines is 1. The second-order valence-corrected chi connectivity index (χ2v) is 14.1. The van der Waals surface area contributed by atoms with Crippen molar-refractivity contribution in [1.29, 1.82) is 0 Å². The van der Waals surface area contributed by atoms with E-state index >= 15 is 4.79 Å². The molecule has 4 heterocycles. The minimum atomic E-state index is -4.75. The molecular weight excluding hydrogens is 764 g/mol. The van der Waals surface area contributed by atoms with Crippen molar-refractivity contribution < 1.29 is 32.6 Å². The molecule has 0 unspecified atom stereocenters. The summed E-state index contributed by atoms with van der Waals surface area (Å²) in [5.41, 5.74) is 0.384. The molecule has 0 radical (unpaired) electrons. The van der Waals surface area contributed by atoms with Gasteiger partial charge < -0.3 is 9.84 Å². The summed E-state index contributed by atoms with van der Waals surface area (Å²) in [7, 11) is 0. The number of alkyl halides is 3. The van der Waals surface area contributed by atoms with Crippen LogP contribution in [-0.4, -0.2) is 54.1 Å². The number of nitrogens with zero attached hydrogens (tertiary/aromatic N) is 5. The van der Waals surface area contributed by atoms with E-state index in [0.29, 0.717) is 45.4 Å². The Morgan fingerprint density at radius 3 is 2.31 bits per heavy atom. The summed E-state index contributed by atoms with van der Waals surface area (Å²) in [6, 6.07) is 21.3. The van der Waals surface area contributed by atoms with E-state index in [-0.39, 0.29) is 32.0 Å². The van der Waals surface area contributed by atoms with Gasteiger partial charge in [-0.25, -0.2) is 28.5 Å². The van der Waals surface area contributed by atoms with Crippen molar-refractivity contribution in [2.45, 2.75) is 36.5 Å². The van der Waals surface area contributed by atoms with Crippen LogP contribution in [0.2, 0.25) is 10.0 Å². The van der Waals surface area contributed by atoms with Gasteiger partial charge in [-0.15, -0.1) is 0 Å². The first kappa shape index (κ1) is 36.3. The highest BCUT2D eigenvalue weighted by atomic mass is 35.5. The topological polar surface area (TPSA) is 141 Å². The fraction of sp³-hybridized carbons (Fsp3) is 0.237. The zero-order chi connectivity index (χ0) is 38.8. The van der Waals surface area contributed by atoms with Gasteiger partial charge in [-0.3, -0.25) is 15.0 Å². The molecule has 55 heavy (non-hydrogen) atoms. The first-order chi connectivity index (χ1) is 26.4. The number of carbonyl (C=O) groups is 2. The number of aliphatic hydroxyl groups is 1. The smallest absolute Gasteiger partial charge is 0.417 e. The van der Waals surface area contributed by atoms with Crippen LogP contribution in [0, 0.1) is 5.92 Å². The van der Waals surface area contributed by atoms with Gasteiger partial charge in [0, 0.05) is 17.1 Å². The maximum atomic E-state index is 15.3. The molecular formula is C38H29Cl2F3N6O6. The Hall–Kier alpha value is -5.64. The van der Waals surface area contributed by atoms with Crippen LogP contribution in [0.3, 0.4) is 0 Å². The Morgan fingerprint density at radius 1 is 0.945 bits per heavy atom. The third kappa shape index (κ3) is 5.76. The van der Waals surface area contributed by atoms with Gasteiger partial charge in [-0.2, -0.15) is 18.2 Å². The summed E-state index contributed by atoms with van der Waals surface area (Å²) >= 11 is 12.6. The lowest BCUT2D eigenvalue weighted by Gasteiger charge is -2.49. The summed E-state index contributed by atoms with van der Waals surface area (Å²) in [5.74, 6) is -3.65. The van der Waals surface area contributed by atoms with E-state index in [9.17, 15) is 32.7 Å². The highest BCUT2D eigenvalue weighted by Gasteiger charge is 2.69. The van der Waals surface area contributed by atoms with Crippen LogP contribution in [-0.2, 0) is 27.7 Å². The van der Waals surface area contributed by atoms with Crippen molar-refractivity contribution in [2.24, 2.45) is 5.92 Å². The minimum absolute atomic E-state index is 0.0276. The van der Waals surface area contributed by atoms with E-state index in [2.05, 4.69) is 10.4 Å². The Labute approximate surface area is 319 Å². The number of aliphatic hydroxyl groups excluding tert-OH is 1. The van der Waals surface area contributed by atoms with E-state index in [4.69, 9.17) is 27.9 Å². The lowest BCUT2D eigenvalue weighted by Crippen LogP contribution is -2.53. The Balaban J connectivity index is 1.34. The monoisotopic (exact) mass is 792 g/mol. The maximum absolute atomic E-state index is 15.3. The van der Waals surface area contributed by atoms with Gasteiger partial charge in [0.25, 0.3) is 11.8 Å². The van der Waals surface area contributed by atoms with E-state index in [0.717, 1.165) is 9.58 Å². The van der Waals surface area contributed by atoms with Crippen LogP contribution < -0.4 is 21.5 Å². The minimum Gasteiger partial charge on any atom is -0.491 e. The average molecular weight is 794 g/mol. The summed E-state index contributed by atoms with van der Waals surface area (Å²) in [5, 5.41) is 9.89. The number of fused-ring (bicyclic) bond motifs is 4. The molecule has 0 bridgehead atoms. The van der Waals surface area contributed by atoms with Crippen molar-refractivity contribution in [1.82, 2.24) is 23.9 Å². The first-order valence-corrected chi connectivity index (χ1v) is 17.8. The molecule has 1 saturated carbocycles. The number of allylic oxidation sites excluding steroid dienone is 2. The van der Waals surface area contributed by atoms with Gasteiger partial charge in [0.2, 0.25) is 0 Å². The second kappa shape index (κ2) is 13.6. The van der Waals surface area contributed by atoms with Crippen LogP contribution in [0.25, 0.3) is 5.69 Å². The molecule has 2 N–H and O–H groups in total. The lowest BCUT2D eigenvalue weighted by atomic mass is 9.53. The number of pyridine rings is 1. The number of hydrogen-bond donors (Lipinski definition) is 2. The number of aromatic nitrogens is 4. The summed E-state index contributed by atoms with van der Waals surface area (Å²) in [6.07, 6.45) is -2.56. The summed E-state index contributed by atoms with van der Waals surface area (Å²) in [6.45, 7) is -0.235. The number of amides is 2. The van der Waals surface area contributed by atoms with Crippen molar-refractivity contribution in [3.05, 3.63) is 150 Å². The molecule has 8 rings (SSSR count). The molecule has 1 saturated heterocycles. The van der Waals surface area contributed by atoms with Crippen LogP contribution in [0.1, 0.15) is 35.1 Å². The van der Waals surface area contributed by atoms with E-state index in [1.807, 2.05) is 0 Å². The molecule has 5 aromatic rings. The predicted octanol–water partition coefficient (Wildman–Crippen LogP) is 5.51. The van der Waals surface area contributed by atoms with Gasteiger partial charge in [-0.1, -0.05) is 71.7 Å². The average Bonchev–Trinajstić information content (AvgIpc) is 3.55. The molecule has 2 aromatic heterocycles. The zero-order valence-electron chi connectivity index (χ0n) is 28.4. The van der Waals surface area contributed by atoms with Gasteiger partial charge >= 0.3 is 17.6 Å². The number of hydrazine groups is 1.